The molecular weight excluding hydrogens is 418 g/mol. The SMILES string of the molecule is CC[C@H](C)[C@H](NC(=O)[C@@H](N)CC(=O)O)C(=O)N[C@@H](CO)C(=O)NCC(=O)NCC(=O)O. The summed E-state index contributed by atoms with van der Waals surface area (Å²) in [5.41, 5.74) is 5.49. The summed E-state index contributed by atoms with van der Waals surface area (Å²) in [5.74, 6) is -6.41. The summed E-state index contributed by atoms with van der Waals surface area (Å²) in [4.78, 5) is 69.3. The number of aliphatic carboxylic acids is 2. The van der Waals surface area contributed by atoms with Crippen molar-refractivity contribution < 1.29 is 44.1 Å². The van der Waals surface area contributed by atoms with Crippen LogP contribution in [0.5, 0.6) is 0 Å². The minimum atomic E-state index is -1.46. The molecule has 0 rings (SSSR count). The van der Waals surface area contributed by atoms with Gasteiger partial charge in [0.2, 0.25) is 23.6 Å². The van der Waals surface area contributed by atoms with Crippen LogP contribution in [0.2, 0.25) is 0 Å². The summed E-state index contributed by atoms with van der Waals surface area (Å²) in [6.45, 7) is 1.31. The third-order valence-corrected chi connectivity index (χ3v) is 4.20. The monoisotopic (exact) mass is 447 g/mol. The van der Waals surface area contributed by atoms with E-state index in [2.05, 4.69) is 16.0 Å². The van der Waals surface area contributed by atoms with Gasteiger partial charge in [0.1, 0.15) is 18.6 Å². The van der Waals surface area contributed by atoms with Crippen molar-refractivity contribution in [2.45, 2.75) is 44.8 Å². The molecule has 0 aromatic rings. The number of carbonyl (C=O) groups is 6. The maximum absolute atomic E-state index is 12.6. The van der Waals surface area contributed by atoms with Crippen molar-refractivity contribution >= 4 is 35.6 Å². The second-order valence-corrected chi connectivity index (χ2v) is 6.71. The maximum atomic E-state index is 12.6. The van der Waals surface area contributed by atoms with Gasteiger partial charge in [-0.1, -0.05) is 20.3 Å². The molecule has 0 radical (unpaired) electrons. The van der Waals surface area contributed by atoms with Crippen LogP contribution >= 0.6 is 0 Å². The predicted molar refractivity (Wildman–Crippen MR) is 104 cm³/mol. The number of aliphatic hydroxyl groups is 1. The van der Waals surface area contributed by atoms with Crippen LogP contribution in [0.15, 0.2) is 0 Å². The van der Waals surface area contributed by atoms with Crippen LogP contribution in [0.1, 0.15) is 26.7 Å². The molecule has 0 aromatic heterocycles. The van der Waals surface area contributed by atoms with E-state index >= 15 is 0 Å². The zero-order valence-corrected chi connectivity index (χ0v) is 17.2. The lowest BCUT2D eigenvalue weighted by Gasteiger charge is -2.26. The number of carbonyl (C=O) groups excluding carboxylic acids is 4. The number of amides is 4. The predicted octanol–water partition coefficient (Wildman–Crippen LogP) is -3.89. The van der Waals surface area contributed by atoms with Crippen molar-refractivity contribution in [3.63, 3.8) is 0 Å². The van der Waals surface area contributed by atoms with Gasteiger partial charge >= 0.3 is 11.9 Å². The van der Waals surface area contributed by atoms with Crippen molar-refractivity contribution in [2.75, 3.05) is 19.7 Å². The quantitative estimate of drug-likeness (QED) is 0.129. The molecule has 176 valence electrons. The number of carboxylic acid groups (broad SMARTS) is 2. The Hall–Kier alpha value is -3.26. The zero-order valence-electron chi connectivity index (χ0n) is 17.2. The third-order valence-electron chi connectivity index (χ3n) is 4.20. The Labute approximate surface area is 177 Å². The third kappa shape index (κ3) is 10.9. The number of hydrogen-bond donors (Lipinski definition) is 8. The number of carboxylic acids is 2. The van der Waals surface area contributed by atoms with E-state index in [1.54, 1.807) is 13.8 Å². The highest BCUT2D eigenvalue weighted by atomic mass is 16.4. The molecule has 0 unspecified atom stereocenters. The largest absolute Gasteiger partial charge is 0.481 e. The van der Waals surface area contributed by atoms with E-state index in [0.29, 0.717) is 6.42 Å². The zero-order chi connectivity index (χ0) is 24.1. The fourth-order valence-electron chi connectivity index (χ4n) is 2.23. The highest BCUT2D eigenvalue weighted by Crippen LogP contribution is 2.09. The van der Waals surface area contributed by atoms with Crippen LogP contribution < -0.4 is 27.0 Å². The summed E-state index contributed by atoms with van der Waals surface area (Å²) in [5, 5.41) is 35.3. The van der Waals surface area contributed by atoms with E-state index in [1.165, 1.54) is 0 Å². The first-order valence-electron chi connectivity index (χ1n) is 9.38. The number of hydrogen-bond acceptors (Lipinski definition) is 8. The molecule has 9 N–H and O–H groups in total. The Morgan fingerprint density at radius 1 is 0.871 bits per heavy atom. The smallest absolute Gasteiger partial charge is 0.322 e. The molecule has 0 aliphatic heterocycles. The first-order chi connectivity index (χ1) is 14.4. The molecule has 4 atom stereocenters. The molecule has 0 heterocycles. The molecular formula is C17H29N5O9. The van der Waals surface area contributed by atoms with Crippen molar-refractivity contribution in [2.24, 2.45) is 11.7 Å². The van der Waals surface area contributed by atoms with Gasteiger partial charge in [0, 0.05) is 0 Å². The van der Waals surface area contributed by atoms with Crippen molar-refractivity contribution in [1.29, 1.82) is 0 Å². The molecule has 0 fully saturated rings. The summed E-state index contributed by atoms with van der Waals surface area (Å²) in [7, 11) is 0. The lowest BCUT2D eigenvalue weighted by Crippen LogP contribution is -2.59. The highest BCUT2D eigenvalue weighted by molar-refractivity contribution is 5.95. The van der Waals surface area contributed by atoms with Gasteiger partial charge in [-0.05, 0) is 5.92 Å². The lowest BCUT2D eigenvalue weighted by molar-refractivity contribution is -0.140. The summed E-state index contributed by atoms with van der Waals surface area (Å²) in [6, 6.07) is -4.02. The Kier molecular flexibility index (Phi) is 12.4. The Balaban J connectivity index is 5.01. The van der Waals surface area contributed by atoms with Gasteiger partial charge < -0.3 is 42.3 Å². The van der Waals surface area contributed by atoms with Crippen molar-refractivity contribution in [1.82, 2.24) is 21.3 Å². The molecule has 14 heteroatoms. The Bertz CT molecular complexity index is 685. The van der Waals surface area contributed by atoms with Gasteiger partial charge in [-0.3, -0.25) is 28.8 Å². The topological polar surface area (TPSA) is 237 Å². The normalized spacial score (nSPS) is 14.3. The van der Waals surface area contributed by atoms with Crippen molar-refractivity contribution in [3.8, 4) is 0 Å². The van der Waals surface area contributed by atoms with E-state index < -0.39 is 85.7 Å². The molecule has 0 aromatic carbocycles. The van der Waals surface area contributed by atoms with E-state index in [1.807, 2.05) is 5.32 Å². The number of nitrogens with one attached hydrogen (secondary N) is 4. The summed E-state index contributed by atoms with van der Waals surface area (Å²) < 4.78 is 0. The van der Waals surface area contributed by atoms with Gasteiger partial charge in [-0.15, -0.1) is 0 Å². The van der Waals surface area contributed by atoms with E-state index in [0.717, 1.165) is 0 Å². The van der Waals surface area contributed by atoms with Crippen molar-refractivity contribution in [3.05, 3.63) is 0 Å². The minimum absolute atomic E-state index is 0.426. The standard InChI is InChI=1S/C17H29N5O9/c1-3-8(2)14(22-15(29)9(18)4-12(25)26)17(31)21-10(7-23)16(30)20-5-11(24)19-6-13(27)28/h8-10,14,23H,3-7,18H2,1-2H3,(H,19,24)(H,20,30)(H,21,31)(H,22,29)(H,25,26)(H,27,28)/t8-,9-,10-,14-/m0/s1. The molecule has 0 saturated carbocycles. The number of aliphatic hydroxyl groups excluding tert-OH is 1. The average molecular weight is 447 g/mol. The molecule has 14 nitrogen and oxygen atoms in total. The van der Waals surface area contributed by atoms with E-state index in [-0.39, 0.29) is 0 Å². The molecule has 0 spiro atoms. The highest BCUT2D eigenvalue weighted by Gasteiger charge is 2.31. The van der Waals surface area contributed by atoms with Gasteiger partial charge in [-0.2, -0.15) is 0 Å². The first-order valence-corrected chi connectivity index (χ1v) is 9.38. The van der Waals surface area contributed by atoms with Crippen LogP contribution in [0, 0.1) is 5.92 Å². The Morgan fingerprint density at radius 3 is 1.97 bits per heavy atom. The van der Waals surface area contributed by atoms with Crippen LogP contribution in [0.3, 0.4) is 0 Å². The molecule has 4 amide bonds. The molecule has 0 bridgehead atoms. The van der Waals surface area contributed by atoms with Gasteiger partial charge in [0.15, 0.2) is 0 Å². The van der Waals surface area contributed by atoms with Gasteiger partial charge in [0.05, 0.1) is 25.6 Å². The van der Waals surface area contributed by atoms with Crippen LogP contribution in [-0.4, -0.2) is 88.7 Å². The first kappa shape index (κ1) is 27.7. The molecule has 0 aliphatic carbocycles. The van der Waals surface area contributed by atoms with Crippen LogP contribution in [0.4, 0.5) is 0 Å². The Morgan fingerprint density at radius 2 is 1.48 bits per heavy atom. The fourth-order valence-corrected chi connectivity index (χ4v) is 2.23. The van der Waals surface area contributed by atoms with Crippen LogP contribution in [0.25, 0.3) is 0 Å². The molecule has 31 heavy (non-hydrogen) atoms. The summed E-state index contributed by atoms with van der Waals surface area (Å²) >= 11 is 0. The number of nitrogens with two attached hydrogens (primary N) is 1. The van der Waals surface area contributed by atoms with E-state index in [9.17, 15) is 33.9 Å². The molecule has 0 aliphatic rings. The fraction of sp³-hybridized carbons (Fsp3) is 0.647. The van der Waals surface area contributed by atoms with Gasteiger partial charge in [-0.25, -0.2) is 0 Å². The van der Waals surface area contributed by atoms with Gasteiger partial charge in [0.25, 0.3) is 0 Å². The maximum Gasteiger partial charge on any atom is 0.322 e. The summed E-state index contributed by atoms with van der Waals surface area (Å²) in [6.07, 6.45) is -0.210. The van der Waals surface area contributed by atoms with Crippen LogP contribution in [-0.2, 0) is 28.8 Å². The van der Waals surface area contributed by atoms with E-state index in [4.69, 9.17) is 15.9 Å². The number of rotatable bonds is 14. The second kappa shape index (κ2) is 13.9. The average Bonchev–Trinajstić information content (AvgIpc) is 2.70. The second-order valence-electron chi connectivity index (χ2n) is 6.71. The minimum Gasteiger partial charge on any atom is -0.481 e. The lowest BCUT2D eigenvalue weighted by atomic mass is 9.97. The molecule has 0 saturated heterocycles.